The van der Waals surface area contributed by atoms with Crippen LogP contribution in [0.4, 0.5) is 17.1 Å². The van der Waals surface area contributed by atoms with Gasteiger partial charge in [-0.2, -0.15) is 0 Å². The van der Waals surface area contributed by atoms with Gasteiger partial charge in [-0.05, 0) is 103 Å². The summed E-state index contributed by atoms with van der Waals surface area (Å²) in [5.74, 6) is 0. The molecule has 53 heavy (non-hydrogen) atoms. The predicted octanol–water partition coefficient (Wildman–Crippen LogP) is 13.5. The normalized spacial score (nSPS) is 14.2. The van der Waals surface area contributed by atoms with Gasteiger partial charge in [-0.3, -0.25) is 0 Å². The largest absolute Gasteiger partial charge is 0.310 e. The molecule has 10 rings (SSSR count). The maximum Gasteiger partial charge on any atom is 0.0714 e. The van der Waals surface area contributed by atoms with Gasteiger partial charge < -0.3 is 4.90 Å². The van der Waals surface area contributed by atoms with E-state index in [2.05, 4.69) is 219 Å². The Hall–Kier alpha value is -6.44. The molecule has 0 amide bonds. The van der Waals surface area contributed by atoms with Crippen molar-refractivity contribution in [3.8, 4) is 33.4 Å². The van der Waals surface area contributed by atoms with Gasteiger partial charge in [0, 0.05) is 22.5 Å². The summed E-state index contributed by atoms with van der Waals surface area (Å²) in [6.07, 6.45) is 0. The van der Waals surface area contributed by atoms with E-state index in [0.29, 0.717) is 0 Å². The molecule has 0 fully saturated rings. The van der Waals surface area contributed by atoms with Gasteiger partial charge >= 0.3 is 0 Å². The van der Waals surface area contributed by atoms with Crippen molar-refractivity contribution >= 4 is 17.1 Å². The second-order valence-corrected chi connectivity index (χ2v) is 14.9. The van der Waals surface area contributed by atoms with Crippen molar-refractivity contribution < 1.29 is 0 Å². The van der Waals surface area contributed by atoms with Crippen LogP contribution in [0.15, 0.2) is 200 Å². The number of nitrogens with zero attached hydrogens (tertiary/aromatic N) is 1. The fourth-order valence-electron chi connectivity index (χ4n) is 9.30. The lowest BCUT2D eigenvalue weighted by Gasteiger charge is -2.35. The Labute approximate surface area is 312 Å². The average molecular weight is 678 g/mol. The van der Waals surface area contributed by atoms with Crippen molar-refractivity contribution in [3.05, 3.63) is 234 Å². The standard InChI is InChI=1S/C52H39N/c1-51(2)47-25-12-9-22-43(47)46-33-32-42(35-50(46)51)53(40-30-28-37(29-31-40)36-16-5-3-6-17-36)41-21-15-20-39(34-41)52(38-18-7-4-8-19-38)48-26-13-10-23-44(48)45-24-11-14-27-49(45)52/h3-35H,1-2H3. The van der Waals surface area contributed by atoms with E-state index in [4.69, 9.17) is 0 Å². The van der Waals surface area contributed by atoms with Crippen LogP contribution in [0, 0.1) is 0 Å². The zero-order valence-electron chi connectivity index (χ0n) is 30.0. The number of rotatable bonds is 6. The van der Waals surface area contributed by atoms with E-state index < -0.39 is 5.41 Å². The van der Waals surface area contributed by atoms with Gasteiger partial charge in [0.25, 0.3) is 0 Å². The third kappa shape index (κ3) is 4.70. The van der Waals surface area contributed by atoms with E-state index >= 15 is 0 Å². The maximum atomic E-state index is 2.45. The van der Waals surface area contributed by atoms with Gasteiger partial charge in [0.1, 0.15) is 0 Å². The Morgan fingerprint density at radius 2 is 0.792 bits per heavy atom. The first-order chi connectivity index (χ1) is 26.0. The summed E-state index contributed by atoms with van der Waals surface area (Å²) in [4.78, 5) is 2.45. The van der Waals surface area contributed by atoms with Crippen LogP contribution in [0.25, 0.3) is 33.4 Å². The molecule has 0 aliphatic heterocycles. The van der Waals surface area contributed by atoms with E-state index in [1.807, 2.05) is 0 Å². The quantitative estimate of drug-likeness (QED) is 0.169. The van der Waals surface area contributed by atoms with Crippen molar-refractivity contribution in [1.29, 1.82) is 0 Å². The Morgan fingerprint density at radius 3 is 1.45 bits per heavy atom. The summed E-state index contributed by atoms with van der Waals surface area (Å²) in [5, 5.41) is 0. The molecular formula is C52H39N. The highest BCUT2D eigenvalue weighted by molar-refractivity contribution is 5.89. The van der Waals surface area contributed by atoms with Gasteiger partial charge in [-0.1, -0.05) is 178 Å². The molecule has 2 aliphatic rings. The Kier molecular flexibility index (Phi) is 7.13. The second-order valence-electron chi connectivity index (χ2n) is 14.9. The Morgan fingerprint density at radius 1 is 0.321 bits per heavy atom. The molecule has 0 N–H and O–H groups in total. The SMILES string of the molecule is CC1(C)c2ccccc2-c2ccc(N(c3ccc(-c4ccccc4)cc3)c3cccc(C4(c5ccccc5)c5ccccc5-c5ccccc54)c3)cc21. The van der Waals surface area contributed by atoms with Gasteiger partial charge in [-0.15, -0.1) is 0 Å². The smallest absolute Gasteiger partial charge is 0.0714 e. The number of benzene rings is 8. The summed E-state index contributed by atoms with van der Waals surface area (Å²) in [6.45, 7) is 4.72. The molecule has 8 aromatic rings. The molecule has 0 aromatic heterocycles. The Bertz CT molecular complexity index is 2590. The van der Waals surface area contributed by atoms with Gasteiger partial charge in [0.05, 0.1) is 5.41 Å². The highest BCUT2D eigenvalue weighted by Crippen LogP contribution is 2.57. The topological polar surface area (TPSA) is 3.24 Å². The van der Waals surface area contributed by atoms with Crippen LogP contribution in [0.2, 0.25) is 0 Å². The molecular weight excluding hydrogens is 639 g/mol. The molecule has 8 aromatic carbocycles. The van der Waals surface area contributed by atoms with Gasteiger partial charge in [-0.25, -0.2) is 0 Å². The minimum Gasteiger partial charge on any atom is -0.310 e. The molecule has 0 radical (unpaired) electrons. The number of hydrogen-bond donors (Lipinski definition) is 0. The second kappa shape index (κ2) is 12.1. The van der Waals surface area contributed by atoms with Crippen LogP contribution >= 0.6 is 0 Å². The maximum absolute atomic E-state index is 2.45. The van der Waals surface area contributed by atoms with Gasteiger partial charge in [0.2, 0.25) is 0 Å². The molecule has 0 unspecified atom stereocenters. The molecule has 0 atom stereocenters. The van der Waals surface area contributed by atoms with Crippen molar-refractivity contribution in [2.45, 2.75) is 24.7 Å². The molecule has 0 bridgehead atoms. The van der Waals surface area contributed by atoms with E-state index in [-0.39, 0.29) is 5.41 Å². The van der Waals surface area contributed by atoms with Crippen molar-refractivity contribution in [1.82, 2.24) is 0 Å². The lowest BCUT2D eigenvalue weighted by atomic mass is 9.67. The van der Waals surface area contributed by atoms with E-state index in [0.717, 1.165) is 17.1 Å². The monoisotopic (exact) mass is 677 g/mol. The summed E-state index contributed by atoms with van der Waals surface area (Å²) in [5.41, 5.74) is 18.4. The molecule has 0 heterocycles. The van der Waals surface area contributed by atoms with Crippen molar-refractivity contribution in [3.63, 3.8) is 0 Å². The average Bonchev–Trinajstić information content (AvgIpc) is 3.65. The first kappa shape index (κ1) is 31.3. The summed E-state index contributed by atoms with van der Waals surface area (Å²) < 4.78 is 0. The first-order valence-corrected chi connectivity index (χ1v) is 18.6. The lowest BCUT2D eigenvalue weighted by molar-refractivity contribution is 0.660. The van der Waals surface area contributed by atoms with E-state index in [1.54, 1.807) is 0 Å². The highest BCUT2D eigenvalue weighted by Gasteiger charge is 2.46. The van der Waals surface area contributed by atoms with E-state index in [1.165, 1.54) is 66.8 Å². The fraction of sp³-hybridized carbons (Fsp3) is 0.0769. The third-order valence-corrected chi connectivity index (χ3v) is 11.8. The Balaban J connectivity index is 1.20. The minimum atomic E-state index is -0.477. The zero-order chi connectivity index (χ0) is 35.6. The molecule has 0 spiro atoms. The fourth-order valence-corrected chi connectivity index (χ4v) is 9.30. The van der Waals surface area contributed by atoms with Crippen LogP contribution < -0.4 is 4.90 Å². The van der Waals surface area contributed by atoms with Gasteiger partial charge in [0.15, 0.2) is 0 Å². The van der Waals surface area contributed by atoms with Crippen molar-refractivity contribution in [2.75, 3.05) is 4.90 Å². The molecule has 252 valence electrons. The van der Waals surface area contributed by atoms with Crippen LogP contribution in [-0.2, 0) is 10.8 Å². The lowest BCUT2D eigenvalue weighted by Crippen LogP contribution is -2.28. The number of fused-ring (bicyclic) bond motifs is 6. The minimum absolute atomic E-state index is 0.110. The molecule has 0 saturated heterocycles. The van der Waals surface area contributed by atoms with E-state index in [9.17, 15) is 0 Å². The highest BCUT2D eigenvalue weighted by atomic mass is 15.1. The summed E-state index contributed by atoms with van der Waals surface area (Å²) >= 11 is 0. The number of anilines is 3. The zero-order valence-corrected chi connectivity index (χ0v) is 30.0. The first-order valence-electron chi connectivity index (χ1n) is 18.6. The molecule has 1 heteroatoms. The van der Waals surface area contributed by atoms with Crippen LogP contribution in [0.1, 0.15) is 47.2 Å². The summed E-state index contributed by atoms with van der Waals surface area (Å²) in [7, 11) is 0. The number of hydrogen-bond acceptors (Lipinski definition) is 1. The van der Waals surface area contributed by atoms with Crippen LogP contribution in [0.3, 0.4) is 0 Å². The molecule has 0 saturated carbocycles. The summed E-state index contributed by atoms with van der Waals surface area (Å²) in [6, 6.07) is 73.9. The van der Waals surface area contributed by atoms with Crippen molar-refractivity contribution in [2.24, 2.45) is 0 Å². The third-order valence-electron chi connectivity index (χ3n) is 11.8. The van der Waals surface area contributed by atoms with Crippen LogP contribution in [0.5, 0.6) is 0 Å². The predicted molar refractivity (Wildman–Crippen MR) is 221 cm³/mol. The molecule has 2 aliphatic carbocycles. The molecule has 1 nitrogen and oxygen atoms in total. The van der Waals surface area contributed by atoms with Crippen LogP contribution in [-0.4, -0.2) is 0 Å².